The van der Waals surface area contributed by atoms with Crippen molar-refractivity contribution in [3.8, 4) is 5.88 Å². The van der Waals surface area contributed by atoms with Gasteiger partial charge in [-0.25, -0.2) is 4.98 Å². The van der Waals surface area contributed by atoms with E-state index in [1.54, 1.807) is 6.33 Å². The number of aromatic nitrogens is 4. The highest BCUT2D eigenvalue weighted by atomic mass is 16.5. The van der Waals surface area contributed by atoms with Gasteiger partial charge in [-0.15, -0.1) is 0 Å². The predicted molar refractivity (Wildman–Crippen MR) is 77.9 cm³/mol. The zero-order chi connectivity index (χ0) is 13.8. The van der Waals surface area contributed by atoms with Gasteiger partial charge in [0.25, 0.3) is 0 Å². The number of ether oxygens (including phenoxy) is 1. The van der Waals surface area contributed by atoms with E-state index >= 15 is 0 Å². The van der Waals surface area contributed by atoms with Gasteiger partial charge < -0.3 is 15.0 Å². The topological polar surface area (TPSA) is 75.7 Å². The van der Waals surface area contributed by atoms with Gasteiger partial charge in [0, 0.05) is 6.54 Å². The van der Waals surface area contributed by atoms with Gasteiger partial charge in [-0.3, -0.25) is 0 Å². The number of nitrogens with zero attached hydrogens (tertiary/aromatic N) is 3. The van der Waals surface area contributed by atoms with Crippen LogP contribution in [0.2, 0.25) is 0 Å². The third kappa shape index (κ3) is 2.84. The second-order valence-electron chi connectivity index (χ2n) is 5.34. The molecule has 1 fully saturated rings. The molecule has 3 rings (SSSR count). The molecule has 20 heavy (non-hydrogen) atoms. The van der Waals surface area contributed by atoms with Crippen LogP contribution >= 0.6 is 0 Å². The molecule has 2 N–H and O–H groups in total. The van der Waals surface area contributed by atoms with E-state index in [0.29, 0.717) is 23.4 Å². The molecule has 0 radical (unpaired) electrons. The Kier molecular flexibility index (Phi) is 3.99. The van der Waals surface area contributed by atoms with Crippen molar-refractivity contribution in [1.82, 2.24) is 19.9 Å². The molecular formula is C14H21N5O. The number of hydrogen-bond donors (Lipinski definition) is 2. The minimum Gasteiger partial charge on any atom is -0.476 e. The van der Waals surface area contributed by atoms with Crippen molar-refractivity contribution < 1.29 is 4.74 Å². The molecule has 0 aromatic carbocycles. The number of hydrogen-bond acceptors (Lipinski definition) is 5. The van der Waals surface area contributed by atoms with Crippen LogP contribution in [-0.2, 0) is 0 Å². The van der Waals surface area contributed by atoms with Gasteiger partial charge in [0.15, 0.2) is 5.65 Å². The molecule has 0 saturated heterocycles. The van der Waals surface area contributed by atoms with E-state index < -0.39 is 0 Å². The van der Waals surface area contributed by atoms with Crippen LogP contribution in [0.25, 0.3) is 11.2 Å². The van der Waals surface area contributed by atoms with Crippen LogP contribution in [0.4, 0.5) is 5.95 Å². The summed E-state index contributed by atoms with van der Waals surface area (Å²) in [7, 11) is 0. The SMILES string of the molecule is CCCNc1nc(OCC2CCCC2)c2[nH]cnc2n1. The van der Waals surface area contributed by atoms with E-state index in [9.17, 15) is 0 Å². The van der Waals surface area contributed by atoms with Gasteiger partial charge in [0.2, 0.25) is 11.8 Å². The molecule has 0 unspecified atom stereocenters. The molecule has 6 heteroatoms. The number of anilines is 1. The summed E-state index contributed by atoms with van der Waals surface area (Å²) in [5.41, 5.74) is 1.44. The monoisotopic (exact) mass is 275 g/mol. The van der Waals surface area contributed by atoms with E-state index in [1.807, 2.05) is 0 Å². The molecule has 0 atom stereocenters. The van der Waals surface area contributed by atoms with Gasteiger partial charge in [-0.1, -0.05) is 19.8 Å². The van der Waals surface area contributed by atoms with Crippen LogP contribution in [0.5, 0.6) is 5.88 Å². The number of rotatable bonds is 6. The average molecular weight is 275 g/mol. The molecule has 0 amide bonds. The summed E-state index contributed by atoms with van der Waals surface area (Å²) < 4.78 is 5.92. The molecular weight excluding hydrogens is 254 g/mol. The third-order valence-electron chi connectivity index (χ3n) is 3.72. The van der Waals surface area contributed by atoms with Crippen LogP contribution in [-0.4, -0.2) is 33.1 Å². The molecule has 1 saturated carbocycles. The minimum absolute atomic E-state index is 0.591. The summed E-state index contributed by atoms with van der Waals surface area (Å²) in [5.74, 6) is 1.86. The molecule has 6 nitrogen and oxygen atoms in total. The summed E-state index contributed by atoms with van der Waals surface area (Å²) in [5, 5.41) is 3.19. The lowest BCUT2D eigenvalue weighted by molar-refractivity contribution is 0.246. The highest BCUT2D eigenvalue weighted by molar-refractivity contribution is 5.76. The Morgan fingerprint density at radius 1 is 1.35 bits per heavy atom. The summed E-state index contributed by atoms with van der Waals surface area (Å²) >= 11 is 0. The smallest absolute Gasteiger partial charge is 0.245 e. The fourth-order valence-corrected chi connectivity index (χ4v) is 2.60. The Morgan fingerprint density at radius 3 is 3.00 bits per heavy atom. The van der Waals surface area contributed by atoms with Gasteiger partial charge in [-0.2, -0.15) is 9.97 Å². The van der Waals surface area contributed by atoms with E-state index in [0.717, 1.165) is 25.1 Å². The summed E-state index contributed by atoms with van der Waals surface area (Å²) in [4.78, 5) is 16.1. The highest BCUT2D eigenvalue weighted by Gasteiger charge is 2.17. The van der Waals surface area contributed by atoms with Gasteiger partial charge >= 0.3 is 0 Å². The van der Waals surface area contributed by atoms with Crippen molar-refractivity contribution in [2.45, 2.75) is 39.0 Å². The fourth-order valence-electron chi connectivity index (χ4n) is 2.60. The summed E-state index contributed by atoms with van der Waals surface area (Å²) in [6.45, 7) is 3.69. The molecule has 1 aliphatic carbocycles. The maximum absolute atomic E-state index is 5.92. The van der Waals surface area contributed by atoms with Crippen LogP contribution in [0.15, 0.2) is 6.33 Å². The molecule has 108 valence electrons. The van der Waals surface area contributed by atoms with Crippen molar-refractivity contribution >= 4 is 17.1 Å². The quantitative estimate of drug-likeness (QED) is 0.847. The predicted octanol–water partition coefficient (Wildman–Crippen LogP) is 2.74. The van der Waals surface area contributed by atoms with Crippen molar-refractivity contribution in [1.29, 1.82) is 0 Å². The second kappa shape index (κ2) is 6.07. The van der Waals surface area contributed by atoms with Gasteiger partial charge in [0.1, 0.15) is 5.52 Å². The first-order valence-electron chi connectivity index (χ1n) is 7.44. The minimum atomic E-state index is 0.591. The normalized spacial score (nSPS) is 15.8. The van der Waals surface area contributed by atoms with Crippen LogP contribution in [0, 0.1) is 5.92 Å². The Labute approximate surface area is 118 Å². The zero-order valence-electron chi connectivity index (χ0n) is 11.9. The first-order chi connectivity index (χ1) is 9.86. The number of fused-ring (bicyclic) bond motifs is 1. The number of imidazole rings is 1. The lowest BCUT2D eigenvalue weighted by Crippen LogP contribution is -2.11. The second-order valence-corrected chi connectivity index (χ2v) is 5.34. The lowest BCUT2D eigenvalue weighted by atomic mass is 10.1. The standard InChI is InChI=1S/C14H21N5O/c1-2-7-15-14-18-12-11(16-9-17-12)13(19-14)20-8-10-5-3-4-6-10/h9-10H,2-8H2,1H3,(H2,15,16,17,18,19). The van der Waals surface area contributed by atoms with Gasteiger partial charge in [0.05, 0.1) is 12.9 Å². The summed E-state index contributed by atoms with van der Waals surface area (Å²) in [6.07, 6.45) is 7.82. The van der Waals surface area contributed by atoms with Crippen LogP contribution in [0.1, 0.15) is 39.0 Å². The third-order valence-corrected chi connectivity index (χ3v) is 3.72. The highest BCUT2D eigenvalue weighted by Crippen LogP contribution is 2.27. The number of H-pyrrole nitrogens is 1. The van der Waals surface area contributed by atoms with Gasteiger partial charge in [-0.05, 0) is 25.2 Å². The average Bonchev–Trinajstić information content (AvgIpc) is 3.13. The molecule has 0 bridgehead atoms. The molecule has 2 aromatic rings. The largest absolute Gasteiger partial charge is 0.476 e. The maximum Gasteiger partial charge on any atom is 0.245 e. The van der Waals surface area contributed by atoms with Crippen molar-refractivity contribution in [3.05, 3.63) is 6.33 Å². The van der Waals surface area contributed by atoms with Crippen molar-refractivity contribution in [3.63, 3.8) is 0 Å². The van der Waals surface area contributed by atoms with Crippen LogP contribution < -0.4 is 10.1 Å². The van der Waals surface area contributed by atoms with Crippen LogP contribution in [0.3, 0.4) is 0 Å². The first-order valence-corrected chi connectivity index (χ1v) is 7.44. The zero-order valence-corrected chi connectivity index (χ0v) is 11.9. The fraction of sp³-hybridized carbons (Fsp3) is 0.643. The first kappa shape index (κ1) is 13.1. The Balaban J connectivity index is 1.77. The lowest BCUT2D eigenvalue weighted by Gasteiger charge is -2.12. The molecule has 2 heterocycles. The Hall–Kier alpha value is -1.85. The van der Waals surface area contributed by atoms with E-state index in [2.05, 4.69) is 32.2 Å². The summed E-state index contributed by atoms with van der Waals surface area (Å²) in [6, 6.07) is 0. The molecule has 0 spiro atoms. The van der Waals surface area contributed by atoms with Crippen molar-refractivity contribution in [2.24, 2.45) is 5.92 Å². The number of aromatic amines is 1. The molecule has 1 aliphatic rings. The Morgan fingerprint density at radius 2 is 2.20 bits per heavy atom. The van der Waals surface area contributed by atoms with E-state index in [-0.39, 0.29) is 0 Å². The maximum atomic E-state index is 5.92. The van der Waals surface area contributed by atoms with Crippen molar-refractivity contribution in [2.75, 3.05) is 18.5 Å². The number of nitrogens with one attached hydrogen (secondary N) is 2. The molecule has 0 aliphatic heterocycles. The molecule has 2 aromatic heterocycles. The van der Waals surface area contributed by atoms with E-state index in [4.69, 9.17) is 4.74 Å². The Bertz CT molecular complexity index is 562. The van der Waals surface area contributed by atoms with E-state index in [1.165, 1.54) is 25.7 Å².